The summed E-state index contributed by atoms with van der Waals surface area (Å²) in [5.74, 6) is -1.47. The fraction of sp³-hybridized carbons (Fsp3) is 0.250. The molecule has 0 atom stereocenters. The van der Waals surface area contributed by atoms with E-state index < -0.39 is 43.0 Å². The van der Waals surface area contributed by atoms with Crippen molar-refractivity contribution in [1.29, 1.82) is 0 Å². The summed E-state index contributed by atoms with van der Waals surface area (Å²) in [4.78, 5) is 45.4. The number of amides is 2. The van der Waals surface area contributed by atoms with Crippen LogP contribution in [0, 0.1) is 10.1 Å². The van der Waals surface area contributed by atoms with Gasteiger partial charge in [0.2, 0.25) is 5.88 Å². The van der Waals surface area contributed by atoms with E-state index in [2.05, 4.69) is 15.3 Å². The van der Waals surface area contributed by atoms with Crippen LogP contribution in [0.5, 0.6) is 5.88 Å². The van der Waals surface area contributed by atoms with Crippen molar-refractivity contribution in [3.63, 3.8) is 0 Å². The highest BCUT2D eigenvalue weighted by Crippen LogP contribution is 2.39. The van der Waals surface area contributed by atoms with Crippen LogP contribution in [0.15, 0.2) is 65.7 Å². The van der Waals surface area contributed by atoms with Gasteiger partial charge in [0.05, 0.1) is 21.1 Å². The Bertz CT molecular complexity index is 1910. The van der Waals surface area contributed by atoms with Gasteiger partial charge >= 0.3 is 0 Å². The topological polar surface area (TPSA) is 186 Å². The molecule has 44 heavy (non-hydrogen) atoms. The monoisotopic (exact) mass is 624 g/mol. The number of benzene rings is 2. The maximum absolute atomic E-state index is 15.0. The summed E-state index contributed by atoms with van der Waals surface area (Å²) in [7, 11) is -4.64. The van der Waals surface area contributed by atoms with Crippen molar-refractivity contribution in [2.75, 3.05) is 36.6 Å². The number of para-hydroxylation sites is 1. The summed E-state index contributed by atoms with van der Waals surface area (Å²) in [5, 5.41) is 15.2. The molecule has 0 spiro atoms. The Labute approximate surface area is 249 Å². The highest BCUT2D eigenvalue weighted by atomic mass is 32.2. The first-order valence-corrected chi connectivity index (χ1v) is 14.9. The number of hydrogen-bond acceptors (Lipinski definition) is 10. The van der Waals surface area contributed by atoms with Crippen molar-refractivity contribution in [1.82, 2.24) is 14.7 Å². The number of ether oxygens (including phenoxy) is 2. The first-order valence-electron chi connectivity index (χ1n) is 13.4. The van der Waals surface area contributed by atoms with Crippen molar-refractivity contribution in [3.05, 3.63) is 76.5 Å². The van der Waals surface area contributed by atoms with E-state index in [9.17, 15) is 32.5 Å². The molecule has 0 unspecified atom stereocenters. The van der Waals surface area contributed by atoms with Gasteiger partial charge in [-0.15, -0.1) is 0 Å². The van der Waals surface area contributed by atoms with E-state index in [0.29, 0.717) is 11.0 Å². The molecule has 2 aromatic heterocycles. The number of aromatic nitrogens is 2. The number of rotatable bonds is 8. The van der Waals surface area contributed by atoms with Gasteiger partial charge in [-0.1, -0.05) is 12.1 Å². The summed E-state index contributed by atoms with van der Waals surface area (Å²) in [6, 6.07) is 12.3. The molecule has 2 amide bonds. The molecule has 0 saturated carbocycles. The number of nitro benzene ring substituents is 1. The predicted molar refractivity (Wildman–Crippen MR) is 155 cm³/mol. The number of nitrogens with zero attached hydrogens (tertiary/aromatic N) is 3. The highest BCUT2D eigenvalue weighted by Gasteiger charge is 2.34. The lowest BCUT2D eigenvalue weighted by Gasteiger charge is -2.30. The molecule has 3 N–H and O–H groups in total. The molecule has 0 radical (unpaired) electrons. The standard InChI is InChI=1S/C28H25FN6O8S/c29-28(8-11-42-12-9-28)16-31-20-6-5-18(14-22(20)35(38)39)44(40,41)33-26(37)19-3-1-2-4-21(19)34-23-13-17-7-10-30-25(17)32-27(23)43-15-24(34)36/h1-7,10,13-14,31H,8-9,11-12,15-16H2,(H,30,32)(H,33,37). The van der Waals surface area contributed by atoms with Crippen molar-refractivity contribution in [3.8, 4) is 5.88 Å². The second kappa shape index (κ2) is 11.2. The second-order valence-corrected chi connectivity index (χ2v) is 11.9. The lowest BCUT2D eigenvalue weighted by atomic mass is 9.96. The smallest absolute Gasteiger partial charge is 0.293 e. The van der Waals surface area contributed by atoms with E-state index in [-0.39, 0.29) is 67.7 Å². The van der Waals surface area contributed by atoms with Gasteiger partial charge in [-0.3, -0.25) is 24.6 Å². The Hall–Kier alpha value is -5.09. The van der Waals surface area contributed by atoms with Crippen LogP contribution >= 0.6 is 0 Å². The van der Waals surface area contributed by atoms with Crippen LogP contribution < -0.4 is 19.7 Å². The zero-order valence-corrected chi connectivity index (χ0v) is 23.7. The van der Waals surface area contributed by atoms with Crippen LogP contribution in [-0.2, 0) is 19.6 Å². The van der Waals surface area contributed by atoms with Gasteiger partial charge in [0.25, 0.3) is 27.5 Å². The highest BCUT2D eigenvalue weighted by molar-refractivity contribution is 7.90. The number of anilines is 3. The average Bonchev–Trinajstić information content (AvgIpc) is 3.46. The van der Waals surface area contributed by atoms with Gasteiger partial charge in [-0.2, -0.15) is 4.98 Å². The number of aromatic amines is 1. The number of carbonyl (C=O) groups excluding carboxylic acids is 2. The molecule has 4 heterocycles. The first-order chi connectivity index (χ1) is 21.0. The van der Waals surface area contributed by atoms with Gasteiger partial charge < -0.3 is 19.8 Å². The Morgan fingerprint density at radius 3 is 2.68 bits per heavy atom. The minimum absolute atomic E-state index is 0.0743. The number of halogens is 1. The van der Waals surface area contributed by atoms with E-state index >= 15 is 0 Å². The molecule has 16 heteroatoms. The number of sulfonamides is 1. The van der Waals surface area contributed by atoms with E-state index in [0.717, 1.165) is 18.2 Å². The minimum Gasteiger partial charge on any atom is -0.466 e. The molecule has 2 aliphatic rings. The fourth-order valence-electron chi connectivity index (χ4n) is 5.06. The molecule has 228 valence electrons. The third kappa shape index (κ3) is 5.51. The molecule has 0 aliphatic carbocycles. The Kier molecular flexibility index (Phi) is 7.38. The van der Waals surface area contributed by atoms with Gasteiger partial charge in [-0.05, 0) is 36.4 Å². The number of carbonyl (C=O) groups is 2. The second-order valence-electron chi connectivity index (χ2n) is 10.3. The number of alkyl halides is 1. The SMILES string of the molecule is O=C(NS(=O)(=O)c1ccc(NCC2(F)CCOCC2)c([N+](=O)[O-])c1)c1ccccc1N1C(=O)COc2nc3[nH]ccc3cc21. The Morgan fingerprint density at radius 1 is 1.14 bits per heavy atom. The average molecular weight is 625 g/mol. The normalized spacial score (nSPS) is 16.2. The number of hydrogen-bond donors (Lipinski definition) is 3. The van der Waals surface area contributed by atoms with Crippen molar-refractivity contribution >= 4 is 55.6 Å². The molecule has 4 aromatic rings. The summed E-state index contributed by atoms with van der Waals surface area (Å²) in [5.41, 5.74) is -1.64. The Morgan fingerprint density at radius 2 is 1.91 bits per heavy atom. The van der Waals surface area contributed by atoms with Crippen LogP contribution in [0.1, 0.15) is 23.2 Å². The van der Waals surface area contributed by atoms with Crippen LogP contribution in [0.4, 0.5) is 27.1 Å². The maximum Gasteiger partial charge on any atom is 0.293 e. The number of H-pyrrole nitrogens is 1. The van der Waals surface area contributed by atoms with E-state index in [1.54, 1.807) is 24.4 Å². The molecule has 2 aromatic carbocycles. The molecule has 1 fully saturated rings. The largest absolute Gasteiger partial charge is 0.466 e. The van der Waals surface area contributed by atoms with Crippen LogP contribution in [-0.4, -0.2) is 67.2 Å². The predicted octanol–water partition coefficient (Wildman–Crippen LogP) is 3.58. The lowest BCUT2D eigenvalue weighted by molar-refractivity contribution is -0.384. The third-order valence-corrected chi connectivity index (χ3v) is 8.71. The van der Waals surface area contributed by atoms with Gasteiger partial charge in [0.15, 0.2) is 6.61 Å². The van der Waals surface area contributed by atoms with Crippen molar-refractivity contribution in [2.24, 2.45) is 0 Å². The van der Waals surface area contributed by atoms with Crippen LogP contribution in [0.25, 0.3) is 11.0 Å². The van der Waals surface area contributed by atoms with E-state index in [1.165, 1.54) is 23.1 Å². The minimum atomic E-state index is -4.64. The fourth-order valence-corrected chi connectivity index (χ4v) is 6.04. The molecule has 14 nitrogen and oxygen atoms in total. The van der Waals surface area contributed by atoms with E-state index in [1.807, 2.05) is 4.72 Å². The zero-order chi connectivity index (χ0) is 31.1. The molecule has 2 aliphatic heterocycles. The lowest BCUT2D eigenvalue weighted by Crippen LogP contribution is -2.38. The van der Waals surface area contributed by atoms with Gasteiger partial charge in [0, 0.05) is 50.2 Å². The maximum atomic E-state index is 15.0. The Balaban J connectivity index is 1.27. The van der Waals surface area contributed by atoms with Crippen molar-refractivity contribution in [2.45, 2.75) is 23.4 Å². The third-order valence-electron chi connectivity index (χ3n) is 7.38. The summed E-state index contributed by atoms with van der Waals surface area (Å²) >= 11 is 0. The summed E-state index contributed by atoms with van der Waals surface area (Å²) < 4.78 is 54.1. The van der Waals surface area contributed by atoms with Gasteiger partial charge in [-0.25, -0.2) is 17.5 Å². The van der Waals surface area contributed by atoms with E-state index in [4.69, 9.17) is 9.47 Å². The molecular weight excluding hydrogens is 599 g/mol. The molecule has 1 saturated heterocycles. The number of nitro groups is 1. The first kappa shape index (κ1) is 29.0. The quantitative estimate of drug-likeness (QED) is 0.193. The van der Waals surface area contributed by atoms with Crippen LogP contribution in [0.2, 0.25) is 0 Å². The van der Waals surface area contributed by atoms with Gasteiger partial charge in [0.1, 0.15) is 22.7 Å². The molecular formula is C28H25FN6O8S. The van der Waals surface area contributed by atoms with Crippen LogP contribution in [0.3, 0.4) is 0 Å². The number of pyridine rings is 1. The number of fused-ring (bicyclic) bond motifs is 2. The zero-order valence-electron chi connectivity index (χ0n) is 22.9. The molecule has 0 bridgehead atoms. The van der Waals surface area contributed by atoms with Crippen molar-refractivity contribution < 1.29 is 36.8 Å². The summed E-state index contributed by atoms with van der Waals surface area (Å²) in [6.07, 6.45) is 1.89. The molecule has 6 rings (SSSR count). The summed E-state index contributed by atoms with van der Waals surface area (Å²) in [6.45, 7) is -0.159. The number of nitrogens with one attached hydrogen (secondary N) is 3.